The van der Waals surface area contributed by atoms with E-state index in [0.717, 1.165) is 40.0 Å². The van der Waals surface area contributed by atoms with Gasteiger partial charge in [-0.3, -0.25) is 4.99 Å². The van der Waals surface area contributed by atoms with Crippen LogP contribution in [0.3, 0.4) is 0 Å². The Morgan fingerprint density at radius 3 is 2.78 bits per heavy atom. The summed E-state index contributed by atoms with van der Waals surface area (Å²) >= 11 is 1.60. The molecule has 4 rings (SSSR count). The minimum absolute atomic E-state index is 0.516. The number of fused-ring (bicyclic) bond motifs is 2. The molecule has 0 unspecified atom stereocenters. The lowest BCUT2D eigenvalue weighted by Gasteiger charge is -2.13. The smallest absolute Gasteiger partial charge is 0.206 e. The number of nitrogens with zero attached hydrogens (tertiary/aromatic N) is 3. The Labute approximate surface area is 163 Å². The van der Waals surface area contributed by atoms with Crippen LogP contribution >= 0.6 is 11.3 Å². The number of thiazole rings is 1. The van der Waals surface area contributed by atoms with Crippen LogP contribution < -0.4 is 14.3 Å². The van der Waals surface area contributed by atoms with Crippen LogP contribution in [0.1, 0.15) is 19.8 Å². The molecule has 1 saturated carbocycles. The molecule has 1 fully saturated rings. The van der Waals surface area contributed by atoms with Crippen molar-refractivity contribution in [2.75, 3.05) is 20.8 Å². The van der Waals surface area contributed by atoms with Gasteiger partial charge in [-0.1, -0.05) is 12.2 Å². The number of rotatable bonds is 6. The van der Waals surface area contributed by atoms with Gasteiger partial charge >= 0.3 is 0 Å². The van der Waals surface area contributed by atoms with Crippen LogP contribution in [-0.2, 0) is 0 Å². The van der Waals surface area contributed by atoms with Gasteiger partial charge in [-0.25, -0.2) is 4.68 Å². The van der Waals surface area contributed by atoms with Crippen molar-refractivity contribution < 1.29 is 9.47 Å². The van der Waals surface area contributed by atoms with Crippen molar-refractivity contribution in [1.82, 2.24) is 4.68 Å². The number of allylic oxidation sites excluding steroid dienone is 2. The molecule has 3 atom stereocenters. The van der Waals surface area contributed by atoms with Gasteiger partial charge in [0.1, 0.15) is 11.5 Å². The number of aromatic nitrogens is 1. The van der Waals surface area contributed by atoms with E-state index in [1.807, 2.05) is 29.8 Å². The lowest BCUT2D eigenvalue weighted by molar-refractivity contribution is 0.404. The fourth-order valence-electron chi connectivity index (χ4n) is 4.00. The van der Waals surface area contributed by atoms with E-state index in [2.05, 4.69) is 28.7 Å². The second-order valence-corrected chi connectivity index (χ2v) is 7.80. The third-order valence-corrected chi connectivity index (χ3v) is 6.22. The van der Waals surface area contributed by atoms with E-state index in [-0.39, 0.29) is 0 Å². The largest absolute Gasteiger partial charge is 0.497 e. The van der Waals surface area contributed by atoms with Crippen LogP contribution in [0.15, 0.2) is 45.8 Å². The number of benzene rings is 1. The van der Waals surface area contributed by atoms with Crippen molar-refractivity contribution in [2.24, 2.45) is 27.8 Å². The fourth-order valence-corrected chi connectivity index (χ4v) is 4.89. The molecule has 5 nitrogen and oxygen atoms in total. The Kier molecular flexibility index (Phi) is 5.16. The molecule has 0 aliphatic heterocycles. The zero-order chi connectivity index (χ0) is 18.8. The Balaban J connectivity index is 1.76. The second-order valence-electron chi connectivity index (χ2n) is 6.96. The molecule has 2 aromatic rings. The predicted octanol–water partition coefficient (Wildman–Crippen LogP) is 4.20. The van der Waals surface area contributed by atoms with Crippen molar-refractivity contribution in [3.05, 3.63) is 40.5 Å². The number of methoxy groups -OCH3 is 2. The first-order valence-electron chi connectivity index (χ1n) is 9.39. The van der Waals surface area contributed by atoms with Gasteiger partial charge in [-0.15, -0.1) is 11.3 Å². The molecule has 142 valence electrons. The van der Waals surface area contributed by atoms with Crippen LogP contribution in [0.4, 0.5) is 0 Å². The zero-order valence-corrected chi connectivity index (χ0v) is 16.8. The average Bonchev–Trinajstić information content (AvgIpc) is 3.42. The van der Waals surface area contributed by atoms with E-state index in [0.29, 0.717) is 11.8 Å². The molecule has 0 amide bonds. The zero-order valence-electron chi connectivity index (χ0n) is 16.0. The summed E-state index contributed by atoms with van der Waals surface area (Å²) in [5.41, 5.74) is 1.92. The summed E-state index contributed by atoms with van der Waals surface area (Å²) in [5.74, 6) is 3.47. The molecule has 0 spiro atoms. The molecular weight excluding hydrogens is 358 g/mol. The van der Waals surface area contributed by atoms with Crippen molar-refractivity contribution in [1.29, 1.82) is 0 Å². The first kappa shape index (κ1) is 18.0. The second kappa shape index (κ2) is 7.72. The highest BCUT2D eigenvalue weighted by Crippen LogP contribution is 2.42. The molecular formula is C21H25N3O2S. The van der Waals surface area contributed by atoms with Gasteiger partial charge in [0.2, 0.25) is 4.80 Å². The van der Waals surface area contributed by atoms with Crippen LogP contribution in [0.2, 0.25) is 0 Å². The summed E-state index contributed by atoms with van der Waals surface area (Å²) in [6.45, 7) is 2.77. The number of hydrogen-bond donors (Lipinski definition) is 0. The topological polar surface area (TPSA) is 48.1 Å². The Hall–Kier alpha value is -2.34. The summed E-state index contributed by atoms with van der Waals surface area (Å²) in [6, 6.07) is 5.82. The van der Waals surface area contributed by atoms with E-state index >= 15 is 0 Å². The highest BCUT2D eigenvalue weighted by atomic mass is 32.1. The molecule has 6 heteroatoms. The van der Waals surface area contributed by atoms with Crippen molar-refractivity contribution in [2.45, 2.75) is 19.8 Å². The van der Waals surface area contributed by atoms with Gasteiger partial charge in [-0.05, 0) is 49.8 Å². The third kappa shape index (κ3) is 3.46. The molecule has 1 aromatic carbocycles. The first-order valence-corrected chi connectivity index (χ1v) is 10.3. The fraction of sp³-hybridized carbons (Fsp3) is 0.429. The van der Waals surface area contributed by atoms with Crippen LogP contribution in [0.25, 0.3) is 11.3 Å². The summed E-state index contributed by atoms with van der Waals surface area (Å²) in [4.78, 5) is 5.52. The van der Waals surface area contributed by atoms with Gasteiger partial charge in [0, 0.05) is 29.6 Å². The maximum Gasteiger partial charge on any atom is 0.206 e. The Morgan fingerprint density at radius 1 is 1.22 bits per heavy atom. The maximum atomic E-state index is 5.59. The quantitative estimate of drug-likeness (QED) is 0.554. The van der Waals surface area contributed by atoms with Crippen LogP contribution in [0, 0.1) is 17.8 Å². The maximum absolute atomic E-state index is 5.59. The summed E-state index contributed by atoms with van der Waals surface area (Å²) in [7, 11) is 3.36. The van der Waals surface area contributed by atoms with Crippen molar-refractivity contribution >= 4 is 17.6 Å². The lowest BCUT2D eigenvalue weighted by atomic mass is 9.95. The predicted molar refractivity (Wildman–Crippen MR) is 110 cm³/mol. The molecule has 2 aliphatic carbocycles. The minimum atomic E-state index is 0.516. The summed E-state index contributed by atoms with van der Waals surface area (Å²) in [6.07, 6.45) is 9.30. The molecule has 1 heterocycles. The molecule has 0 saturated heterocycles. The van der Waals surface area contributed by atoms with Crippen molar-refractivity contribution in [3.8, 4) is 22.8 Å². The standard InChI is InChI=1S/C21H25N3O2S/c1-4-22-21-24(23-12-16-10-14-5-6-15(16)9-14)19(13-27-21)18-11-17(25-2)7-8-20(18)26-3/h5-8,11-16H,4,9-10H2,1-3H3/b22-21?,23-12-/t14-,15+,16+/m1/s1. The van der Waals surface area contributed by atoms with Gasteiger partial charge in [-0.2, -0.15) is 5.10 Å². The lowest BCUT2D eigenvalue weighted by Crippen LogP contribution is -2.15. The normalized spacial score (nSPS) is 24.3. The first-order chi connectivity index (χ1) is 13.2. The molecule has 0 radical (unpaired) electrons. The van der Waals surface area contributed by atoms with Crippen LogP contribution in [0.5, 0.6) is 11.5 Å². The monoisotopic (exact) mass is 383 g/mol. The summed E-state index contributed by atoms with van der Waals surface area (Å²) < 4.78 is 12.9. The van der Waals surface area contributed by atoms with Crippen LogP contribution in [-0.4, -0.2) is 31.7 Å². The van der Waals surface area contributed by atoms with Gasteiger partial charge in [0.25, 0.3) is 0 Å². The van der Waals surface area contributed by atoms with Gasteiger partial charge < -0.3 is 9.47 Å². The average molecular weight is 384 g/mol. The van der Waals surface area contributed by atoms with E-state index in [1.54, 1.807) is 25.6 Å². The highest BCUT2D eigenvalue weighted by Gasteiger charge is 2.34. The van der Waals surface area contributed by atoms with E-state index in [1.165, 1.54) is 12.8 Å². The Morgan fingerprint density at radius 2 is 2.11 bits per heavy atom. The molecule has 1 aromatic heterocycles. The molecule has 2 aliphatic rings. The number of hydrogen-bond acceptors (Lipinski definition) is 5. The van der Waals surface area contributed by atoms with E-state index in [9.17, 15) is 0 Å². The van der Waals surface area contributed by atoms with Gasteiger partial charge in [0.05, 0.1) is 19.9 Å². The molecule has 27 heavy (non-hydrogen) atoms. The third-order valence-electron chi connectivity index (χ3n) is 5.37. The van der Waals surface area contributed by atoms with E-state index in [4.69, 9.17) is 14.6 Å². The molecule has 0 N–H and O–H groups in total. The minimum Gasteiger partial charge on any atom is -0.497 e. The number of ether oxygens (including phenoxy) is 2. The SMILES string of the molecule is CCN=c1scc(-c2cc(OC)ccc2OC)n1/N=C\[C@@H]1C[C@@H]2C=C[C@H]1C2. The summed E-state index contributed by atoms with van der Waals surface area (Å²) in [5, 5.41) is 6.96. The van der Waals surface area contributed by atoms with Crippen molar-refractivity contribution in [3.63, 3.8) is 0 Å². The molecule has 2 bridgehead atoms. The highest BCUT2D eigenvalue weighted by molar-refractivity contribution is 7.07. The van der Waals surface area contributed by atoms with Gasteiger partial charge in [0.15, 0.2) is 0 Å². The van der Waals surface area contributed by atoms with E-state index < -0.39 is 0 Å². The Bertz CT molecular complexity index is 941.